The van der Waals surface area contributed by atoms with Gasteiger partial charge in [-0.3, -0.25) is 4.57 Å². The molecule has 13 aromatic carbocycles. The lowest BCUT2D eigenvalue weighted by Crippen LogP contribution is -2.04. The summed E-state index contributed by atoms with van der Waals surface area (Å²) in [5, 5.41) is 9.86. The van der Waals surface area contributed by atoms with Crippen molar-refractivity contribution in [3.63, 3.8) is 0 Å². The summed E-state index contributed by atoms with van der Waals surface area (Å²) in [4.78, 5) is 11.4. The van der Waals surface area contributed by atoms with Crippen molar-refractivity contribution in [2.24, 2.45) is 0 Å². The minimum Gasteiger partial charge on any atom is -0.309 e. The van der Waals surface area contributed by atoms with E-state index < -0.39 is 0 Å². The molecule has 6 heteroatoms. The lowest BCUT2D eigenvalue weighted by Gasteiger charge is -2.15. The smallest absolute Gasteiger partial charge is 0.235 e. The first kappa shape index (κ1) is 50.3. The predicted octanol–water partition coefficient (Wildman–Crippen LogP) is 23.1. The molecule has 0 aliphatic rings. The Morgan fingerprint density at radius 3 is 1.15 bits per heavy atom. The van der Waals surface area contributed by atoms with Crippen molar-refractivity contribution in [3.05, 3.63) is 303 Å². The lowest BCUT2D eigenvalue weighted by molar-refractivity contribution is 0.995. The first-order valence-electron chi connectivity index (χ1n) is 29.8. The summed E-state index contributed by atoms with van der Waals surface area (Å²) >= 11 is 3.70. The van der Waals surface area contributed by atoms with Crippen LogP contribution in [0.4, 0.5) is 0 Å². The summed E-state index contributed by atoms with van der Waals surface area (Å²) in [5.41, 5.74) is 20.6. The van der Waals surface area contributed by atoms with Gasteiger partial charge in [-0.05, 0) is 159 Å². The van der Waals surface area contributed by atoms with E-state index in [4.69, 9.17) is 9.97 Å². The average molecular weight is 1160 g/mol. The number of fused-ring (bicyclic) bond motifs is 12. The topological polar surface area (TPSA) is 35.6 Å². The average Bonchev–Trinajstić information content (AvgIpc) is 3.77. The molecule has 0 aliphatic carbocycles. The van der Waals surface area contributed by atoms with Crippen molar-refractivity contribution in [1.82, 2.24) is 19.1 Å². The summed E-state index contributed by atoms with van der Waals surface area (Å²) in [7, 11) is 0. The predicted molar refractivity (Wildman–Crippen MR) is 375 cm³/mol. The van der Waals surface area contributed by atoms with E-state index in [2.05, 4.69) is 312 Å². The maximum atomic E-state index is 5.70. The maximum absolute atomic E-state index is 5.70. The first-order chi connectivity index (χ1) is 43.6. The summed E-state index contributed by atoms with van der Waals surface area (Å²) in [6, 6.07) is 111. The van der Waals surface area contributed by atoms with Gasteiger partial charge >= 0.3 is 0 Å². The number of rotatable bonds is 9. The number of hydrogen-bond donors (Lipinski definition) is 0. The number of benzene rings is 13. The number of aromatic nitrogens is 4. The van der Waals surface area contributed by atoms with Crippen LogP contribution in [0.15, 0.2) is 303 Å². The zero-order valence-corrected chi connectivity index (χ0v) is 49.1. The summed E-state index contributed by atoms with van der Waals surface area (Å²) in [6.07, 6.45) is 0. The molecular weight excluding hydrogens is 1110 g/mol. The van der Waals surface area contributed by atoms with Crippen molar-refractivity contribution in [2.75, 3.05) is 0 Å². The van der Waals surface area contributed by atoms with Gasteiger partial charge in [-0.2, -0.15) is 0 Å². The number of thiophene rings is 2. The quantitative estimate of drug-likeness (QED) is 0.144. The molecule has 0 N–H and O–H groups in total. The molecule has 0 bridgehead atoms. The van der Waals surface area contributed by atoms with Crippen LogP contribution in [0.5, 0.6) is 0 Å². The molecule has 88 heavy (non-hydrogen) atoms. The Kier molecular flexibility index (Phi) is 11.6. The Morgan fingerprint density at radius 1 is 0.205 bits per heavy atom. The molecular formula is C82H50N4S2. The molecule has 0 saturated carbocycles. The Labute approximate surface area is 515 Å². The minimum absolute atomic E-state index is 0.597. The Morgan fingerprint density at radius 2 is 0.580 bits per heavy atom. The third-order valence-electron chi connectivity index (χ3n) is 17.7. The van der Waals surface area contributed by atoms with E-state index in [1.807, 2.05) is 22.7 Å². The van der Waals surface area contributed by atoms with E-state index >= 15 is 0 Å². The van der Waals surface area contributed by atoms with E-state index in [1.54, 1.807) is 0 Å². The second-order valence-electron chi connectivity index (χ2n) is 22.9. The maximum Gasteiger partial charge on any atom is 0.235 e. The fourth-order valence-corrected chi connectivity index (χ4v) is 15.7. The molecule has 4 nitrogen and oxygen atoms in total. The molecule has 18 rings (SSSR count). The lowest BCUT2D eigenvalue weighted by atomic mass is 9.92. The van der Waals surface area contributed by atoms with Gasteiger partial charge in [0, 0.05) is 78.7 Å². The van der Waals surface area contributed by atoms with Crippen LogP contribution in [0.25, 0.3) is 174 Å². The minimum atomic E-state index is 0.597. The molecule has 0 amide bonds. The van der Waals surface area contributed by atoms with Crippen LogP contribution in [-0.2, 0) is 0 Å². The molecule has 5 aromatic heterocycles. The van der Waals surface area contributed by atoms with Crippen LogP contribution in [0.3, 0.4) is 0 Å². The molecule has 18 aromatic rings. The number of nitrogens with zero attached hydrogens (tertiary/aromatic N) is 4. The fraction of sp³-hybridized carbons (Fsp3) is 0. The highest BCUT2D eigenvalue weighted by Crippen LogP contribution is 2.43. The molecule has 0 saturated heterocycles. The van der Waals surface area contributed by atoms with E-state index in [1.165, 1.54) is 78.9 Å². The molecule has 410 valence electrons. The second-order valence-corrected chi connectivity index (χ2v) is 25.1. The third kappa shape index (κ3) is 8.40. The zero-order chi connectivity index (χ0) is 57.8. The van der Waals surface area contributed by atoms with Crippen molar-refractivity contribution in [1.29, 1.82) is 0 Å². The third-order valence-corrected chi connectivity index (χ3v) is 20.0. The van der Waals surface area contributed by atoms with Crippen LogP contribution in [0, 0.1) is 0 Å². The van der Waals surface area contributed by atoms with Crippen molar-refractivity contribution >= 4 is 107 Å². The van der Waals surface area contributed by atoms with Gasteiger partial charge in [0.25, 0.3) is 0 Å². The second kappa shape index (κ2) is 20.3. The largest absolute Gasteiger partial charge is 0.309 e. The van der Waals surface area contributed by atoms with Gasteiger partial charge in [0.2, 0.25) is 5.95 Å². The summed E-state index contributed by atoms with van der Waals surface area (Å²) in [5.74, 6) is 0.597. The Hall–Kier alpha value is -11.0. The summed E-state index contributed by atoms with van der Waals surface area (Å²) < 4.78 is 9.91. The van der Waals surface area contributed by atoms with Crippen LogP contribution in [-0.4, -0.2) is 19.1 Å². The molecule has 0 fully saturated rings. The molecule has 0 unspecified atom stereocenters. The molecule has 0 atom stereocenters. The van der Waals surface area contributed by atoms with Crippen LogP contribution in [0.1, 0.15) is 0 Å². The number of para-hydroxylation sites is 2. The Bertz CT molecular complexity index is 5770. The van der Waals surface area contributed by atoms with Crippen LogP contribution >= 0.6 is 22.7 Å². The normalized spacial score (nSPS) is 11.9. The van der Waals surface area contributed by atoms with E-state index in [9.17, 15) is 0 Å². The fourth-order valence-electron chi connectivity index (χ4n) is 13.5. The van der Waals surface area contributed by atoms with Gasteiger partial charge in [-0.25, -0.2) is 9.97 Å². The van der Waals surface area contributed by atoms with E-state index in [-0.39, 0.29) is 0 Å². The number of hydrogen-bond acceptors (Lipinski definition) is 4. The molecule has 0 aliphatic heterocycles. The van der Waals surface area contributed by atoms with E-state index in [0.29, 0.717) is 5.95 Å². The molecule has 0 radical (unpaired) electrons. The SMILES string of the molecule is c1ccc(-c2cc(-c3ccccc3)cc(-c3cccc(-c4cc(-c5cccc(-n6c7ccccc7c7ccc(-c8ccc9sc%10ccccc%10c9c8)cc76)c5)nc(-n5c6ccccc6c6ccc(-c7ccc8sc9ccccc9c8c7)cc65)n4)c3)c2)cc1. The van der Waals surface area contributed by atoms with Gasteiger partial charge in [0.05, 0.1) is 33.5 Å². The highest BCUT2D eigenvalue weighted by Gasteiger charge is 2.21. The Balaban J connectivity index is 0.831. The van der Waals surface area contributed by atoms with Gasteiger partial charge in [0.15, 0.2) is 0 Å². The van der Waals surface area contributed by atoms with Gasteiger partial charge in [-0.1, -0.05) is 200 Å². The summed E-state index contributed by atoms with van der Waals surface area (Å²) in [6.45, 7) is 0. The highest BCUT2D eigenvalue weighted by molar-refractivity contribution is 7.26. The van der Waals surface area contributed by atoms with Crippen LogP contribution in [0.2, 0.25) is 0 Å². The monoisotopic (exact) mass is 1150 g/mol. The van der Waals surface area contributed by atoms with Crippen molar-refractivity contribution < 1.29 is 0 Å². The van der Waals surface area contributed by atoms with Crippen molar-refractivity contribution in [3.8, 4) is 89.8 Å². The van der Waals surface area contributed by atoms with Gasteiger partial charge in [0.1, 0.15) is 0 Å². The van der Waals surface area contributed by atoms with Gasteiger partial charge in [-0.15, -0.1) is 22.7 Å². The highest BCUT2D eigenvalue weighted by atomic mass is 32.1. The zero-order valence-electron chi connectivity index (χ0n) is 47.5. The van der Waals surface area contributed by atoms with Crippen molar-refractivity contribution in [2.45, 2.75) is 0 Å². The van der Waals surface area contributed by atoms with Crippen LogP contribution < -0.4 is 0 Å². The molecule has 0 spiro atoms. The molecule has 5 heterocycles. The van der Waals surface area contributed by atoms with E-state index in [0.717, 1.165) is 88.9 Å². The first-order valence-corrected chi connectivity index (χ1v) is 31.5. The van der Waals surface area contributed by atoms with Gasteiger partial charge < -0.3 is 4.57 Å². The standard InChI is InChI=1S/C82H50N4S2/c1-3-17-51(18-4-1)60-42-61(52-19-5-2-6-20-52)44-62(43-60)53-21-15-22-58(41-53)72-50-73(84-82(83-72)86-75-30-12-8-26-65(75)67-38-34-57(49-77(67)86)55-36-40-81-71(47-55)69-28-10-14-32-79(69)88-81)59-23-16-24-63(45-59)85-74-29-11-7-25-64(74)66-37-33-56(48-76(66)85)54-35-39-80-70(46-54)68-27-9-13-31-78(68)87-80/h1-50H.